The number of hydrogen-bond acceptors (Lipinski definition) is 3. The molecule has 5 heteroatoms. The first kappa shape index (κ1) is 14.9. The summed E-state index contributed by atoms with van der Waals surface area (Å²) in [5, 5.41) is 0. The van der Waals surface area contributed by atoms with E-state index >= 15 is 0 Å². The molecule has 2 aromatic carbocycles. The lowest BCUT2D eigenvalue weighted by Crippen LogP contribution is -2.13. The minimum Gasteiger partial charge on any atom is -0.495 e. The highest BCUT2D eigenvalue weighted by molar-refractivity contribution is 7.92. The second kappa shape index (κ2) is 5.90. The van der Waals surface area contributed by atoms with Crippen molar-refractivity contribution >= 4 is 15.7 Å². The molecule has 0 bridgehead atoms. The number of sulfonamides is 1. The lowest BCUT2D eigenvalue weighted by atomic mass is 10.2. The Morgan fingerprint density at radius 1 is 1.14 bits per heavy atom. The van der Waals surface area contributed by atoms with E-state index in [2.05, 4.69) is 10.6 Å². The predicted octanol–water partition coefficient (Wildman–Crippen LogP) is 2.79. The Morgan fingerprint density at radius 2 is 1.81 bits per heavy atom. The molecule has 0 aliphatic carbocycles. The third-order valence-electron chi connectivity index (χ3n) is 2.94. The molecule has 2 rings (SSSR count). The van der Waals surface area contributed by atoms with Crippen LogP contribution >= 0.6 is 0 Å². The first-order valence-electron chi connectivity index (χ1n) is 6.20. The van der Waals surface area contributed by atoms with Crippen molar-refractivity contribution in [1.82, 2.24) is 0 Å². The average molecular weight is 301 g/mol. The summed E-state index contributed by atoms with van der Waals surface area (Å²) in [6, 6.07) is 11.4. The predicted molar refractivity (Wildman–Crippen MR) is 82.9 cm³/mol. The number of nitrogens with one attached hydrogen (secondary N) is 1. The normalized spacial score (nSPS) is 10.7. The van der Waals surface area contributed by atoms with Crippen LogP contribution in [-0.2, 0) is 10.0 Å². The van der Waals surface area contributed by atoms with Crippen LogP contribution in [0.2, 0.25) is 0 Å². The van der Waals surface area contributed by atoms with Crippen LogP contribution in [0.5, 0.6) is 5.75 Å². The highest BCUT2D eigenvalue weighted by atomic mass is 32.2. The van der Waals surface area contributed by atoms with E-state index < -0.39 is 10.0 Å². The Kier molecular flexibility index (Phi) is 4.20. The van der Waals surface area contributed by atoms with Crippen molar-refractivity contribution in [2.45, 2.75) is 11.8 Å². The van der Waals surface area contributed by atoms with Crippen molar-refractivity contribution in [3.8, 4) is 18.1 Å². The van der Waals surface area contributed by atoms with Crippen molar-refractivity contribution in [1.29, 1.82) is 0 Å². The van der Waals surface area contributed by atoms with Crippen molar-refractivity contribution in [2.75, 3.05) is 11.8 Å². The fraction of sp³-hybridized carbons (Fsp3) is 0.125. The smallest absolute Gasteiger partial charge is 0.261 e. The van der Waals surface area contributed by atoms with Crippen molar-refractivity contribution < 1.29 is 13.2 Å². The van der Waals surface area contributed by atoms with Crippen molar-refractivity contribution in [2.24, 2.45) is 0 Å². The van der Waals surface area contributed by atoms with Crippen LogP contribution < -0.4 is 9.46 Å². The van der Waals surface area contributed by atoms with E-state index in [1.165, 1.54) is 7.11 Å². The summed E-state index contributed by atoms with van der Waals surface area (Å²) in [6.07, 6.45) is 5.38. The van der Waals surface area contributed by atoms with E-state index in [0.717, 1.165) is 5.56 Å². The van der Waals surface area contributed by atoms with E-state index in [1.54, 1.807) is 42.5 Å². The first-order chi connectivity index (χ1) is 9.96. The largest absolute Gasteiger partial charge is 0.495 e. The van der Waals surface area contributed by atoms with Gasteiger partial charge in [0.05, 0.1) is 23.3 Å². The zero-order chi connectivity index (χ0) is 15.5. The second-order valence-electron chi connectivity index (χ2n) is 4.48. The molecule has 4 nitrogen and oxygen atoms in total. The van der Waals surface area contributed by atoms with Crippen LogP contribution in [0.1, 0.15) is 11.1 Å². The zero-order valence-electron chi connectivity index (χ0n) is 11.8. The molecular formula is C16H15NO3S. The molecule has 0 atom stereocenters. The Balaban J connectivity index is 2.33. The summed E-state index contributed by atoms with van der Waals surface area (Å²) in [5.41, 5.74) is 1.87. The van der Waals surface area contributed by atoms with Crippen molar-refractivity contribution in [3.63, 3.8) is 0 Å². The van der Waals surface area contributed by atoms with Crippen LogP contribution in [0.4, 0.5) is 5.69 Å². The molecule has 0 aromatic heterocycles. The van der Waals surface area contributed by atoms with Gasteiger partial charge in [-0.25, -0.2) is 8.42 Å². The summed E-state index contributed by atoms with van der Waals surface area (Å²) in [7, 11) is -2.13. The van der Waals surface area contributed by atoms with Crippen LogP contribution in [-0.4, -0.2) is 15.5 Å². The fourth-order valence-corrected chi connectivity index (χ4v) is 2.87. The van der Waals surface area contributed by atoms with Gasteiger partial charge in [-0.3, -0.25) is 4.72 Å². The summed E-state index contributed by atoms with van der Waals surface area (Å²) in [4.78, 5) is 0.200. The number of methoxy groups -OCH3 is 1. The maximum atomic E-state index is 12.3. The van der Waals surface area contributed by atoms with Crippen LogP contribution in [0.15, 0.2) is 47.4 Å². The molecule has 0 spiro atoms. The van der Waals surface area contributed by atoms with Gasteiger partial charge in [0.15, 0.2) is 0 Å². The molecule has 0 radical (unpaired) electrons. The van der Waals surface area contributed by atoms with Gasteiger partial charge in [-0.2, -0.15) is 0 Å². The van der Waals surface area contributed by atoms with Gasteiger partial charge in [-0.1, -0.05) is 23.6 Å². The molecule has 108 valence electrons. The number of anilines is 1. The van der Waals surface area contributed by atoms with Gasteiger partial charge in [0.25, 0.3) is 10.0 Å². The Labute approximate surface area is 124 Å². The van der Waals surface area contributed by atoms with Gasteiger partial charge >= 0.3 is 0 Å². The number of ether oxygens (including phenoxy) is 1. The highest BCUT2D eigenvalue weighted by Gasteiger charge is 2.14. The SMILES string of the molecule is C#Cc1cc(NS(=O)(=O)c2ccc(C)cc2)ccc1OC. The molecule has 0 saturated heterocycles. The molecule has 0 unspecified atom stereocenters. The summed E-state index contributed by atoms with van der Waals surface area (Å²) >= 11 is 0. The fourth-order valence-electron chi connectivity index (χ4n) is 1.82. The lowest BCUT2D eigenvalue weighted by molar-refractivity contribution is 0.413. The third-order valence-corrected chi connectivity index (χ3v) is 4.34. The molecule has 0 amide bonds. The first-order valence-corrected chi connectivity index (χ1v) is 7.69. The topological polar surface area (TPSA) is 55.4 Å². The summed E-state index contributed by atoms with van der Waals surface area (Å²) in [6.45, 7) is 1.90. The quantitative estimate of drug-likeness (QED) is 0.884. The summed E-state index contributed by atoms with van der Waals surface area (Å²) in [5.74, 6) is 2.98. The maximum absolute atomic E-state index is 12.3. The highest BCUT2D eigenvalue weighted by Crippen LogP contribution is 2.23. The van der Waals surface area contributed by atoms with Crippen molar-refractivity contribution in [3.05, 3.63) is 53.6 Å². The van der Waals surface area contributed by atoms with E-state index in [-0.39, 0.29) is 4.90 Å². The molecule has 2 aromatic rings. The Morgan fingerprint density at radius 3 is 2.38 bits per heavy atom. The lowest BCUT2D eigenvalue weighted by Gasteiger charge is -2.10. The van der Waals surface area contributed by atoms with E-state index in [4.69, 9.17) is 11.2 Å². The minimum atomic E-state index is -3.63. The number of rotatable bonds is 4. The Hall–Kier alpha value is -2.45. The van der Waals surface area contributed by atoms with E-state index in [1.807, 2.05) is 6.92 Å². The molecule has 0 fully saturated rings. The summed E-state index contributed by atoms with van der Waals surface area (Å²) < 4.78 is 32.1. The molecule has 0 aliphatic rings. The van der Waals surface area contributed by atoms with Gasteiger partial charge in [0.2, 0.25) is 0 Å². The van der Waals surface area contributed by atoms with E-state index in [0.29, 0.717) is 17.0 Å². The van der Waals surface area contributed by atoms with Gasteiger partial charge in [0, 0.05) is 0 Å². The number of aryl methyl sites for hydroxylation is 1. The van der Waals surface area contributed by atoms with Crippen LogP contribution in [0.25, 0.3) is 0 Å². The molecular weight excluding hydrogens is 286 g/mol. The number of benzene rings is 2. The Bertz CT molecular complexity index is 787. The monoisotopic (exact) mass is 301 g/mol. The molecule has 21 heavy (non-hydrogen) atoms. The van der Waals surface area contributed by atoms with Gasteiger partial charge in [-0.15, -0.1) is 6.42 Å². The third kappa shape index (κ3) is 3.36. The number of terminal acetylenes is 1. The second-order valence-corrected chi connectivity index (χ2v) is 6.16. The number of hydrogen-bond donors (Lipinski definition) is 1. The zero-order valence-corrected chi connectivity index (χ0v) is 12.6. The van der Waals surface area contributed by atoms with Crippen LogP contribution in [0.3, 0.4) is 0 Å². The van der Waals surface area contributed by atoms with E-state index in [9.17, 15) is 8.42 Å². The maximum Gasteiger partial charge on any atom is 0.261 e. The van der Waals surface area contributed by atoms with Crippen LogP contribution in [0, 0.1) is 19.3 Å². The van der Waals surface area contributed by atoms with Gasteiger partial charge in [0.1, 0.15) is 5.75 Å². The molecule has 0 heterocycles. The average Bonchev–Trinajstić information content (AvgIpc) is 2.47. The standard InChI is InChI=1S/C16H15NO3S/c1-4-13-11-14(7-10-16(13)20-3)17-21(18,19)15-8-5-12(2)6-9-15/h1,5-11,17H,2-3H3. The molecule has 0 aliphatic heterocycles. The van der Waals surface area contributed by atoms with Gasteiger partial charge in [-0.05, 0) is 37.3 Å². The van der Waals surface area contributed by atoms with Gasteiger partial charge < -0.3 is 4.74 Å². The minimum absolute atomic E-state index is 0.200. The molecule has 0 saturated carbocycles. The molecule has 1 N–H and O–H groups in total.